The highest BCUT2D eigenvalue weighted by Gasteiger charge is 2.33. The lowest BCUT2D eigenvalue weighted by molar-refractivity contribution is -0.123. The molecule has 1 aliphatic heterocycles. The maximum Gasteiger partial charge on any atom is 0.222 e. The van der Waals surface area contributed by atoms with Crippen LogP contribution in [0.2, 0.25) is 0 Å². The molecule has 1 fully saturated rings. The minimum Gasteiger partial charge on any atom is -0.369 e. The first-order chi connectivity index (χ1) is 8.11. The second-order valence-electron chi connectivity index (χ2n) is 4.22. The Hall–Kier alpha value is -1.49. The van der Waals surface area contributed by atoms with Gasteiger partial charge in [0.1, 0.15) is 11.6 Å². The normalized spacial score (nSPS) is 24.6. The monoisotopic (exact) mass is 240 g/mol. The van der Waals surface area contributed by atoms with Gasteiger partial charge in [0, 0.05) is 11.6 Å². The third-order valence-electron chi connectivity index (χ3n) is 3.13. The summed E-state index contributed by atoms with van der Waals surface area (Å²) in [6, 6.07) is 3.01. The first-order valence-electron chi connectivity index (χ1n) is 5.58. The summed E-state index contributed by atoms with van der Waals surface area (Å²) in [6.45, 7) is 0.627. The van der Waals surface area contributed by atoms with Gasteiger partial charge in [0.05, 0.1) is 5.92 Å². The van der Waals surface area contributed by atoms with Crippen molar-refractivity contribution in [3.8, 4) is 0 Å². The number of halogens is 2. The molecule has 1 amide bonds. The Bertz CT molecular complexity index is 416. The number of hydrogen-bond donors (Lipinski definition) is 2. The maximum atomic E-state index is 13.6. The molecule has 5 heteroatoms. The van der Waals surface area contributed by atoms with Crippen LogP contribution in [0.5, 0.6) is 0 Å². The summed E-state index contributed by atoms with van der Waals surface area (Å²) in [6.07, 6.45) is 1.33. The smallest absolute Gasteiger partial charge is 0.222 e. The number of benzene rings is 1. The van der Waals surface area contributed by atoms with Gasteiger partial charge in [-0.15, -0.1) is 0 Å². The zero-order valence-electron chi connectivity index (χ0n) is 9.25. The molecule has 2 unspecified atom stereocenters. The second kappa shape index (κ2) is 4.79. The van der Waals surface area contributed by atoms with E-state index < -0.39 is 29.5 Å². The largest absolute Gasteiger partial charge is 0.369 e. The number of piperidine rings is 1. The number of nitrogens with two attached hydrogens (primary N) is 1. The standard InChI is InChI=1S/C12H14F2N2O/c13-8-4-1-5-9(14)10(8)11-7(12(15)17)3-2-6-16-11/h1,4-5,7,11,16H,2-3,6H2,(H2,15,17). The van der Waals surface area contributed by atoms with Crippen LogP contribution in [0.1, 0.15) is 24.4 Å². The first-order valence-corrected chi connectivity index (χ1v) is 5.58. The van der Waals surface area contributed by atoms with Crippen LogP contribution in [0.15, 0.2) is 18.2 Å². The predicted molar refractivity (Wildman–Crippen MR) is 59.0 cm³/mol. The van der Waals surface area contributed by atoms with Crippen molar-refractivity contribution in [2.24, 2.45) is 11.7 Å². The lowest BCUT2D eigenvalue weighted by atomic mass is 9.85. The number of primary amides is 1. The molecule has 2 rings (SSSR count). The quantitative estimate of drug-likeness (QED) is 0.823. The molecule has 0 aromatic heterocycles. The van der Waals surface area contributed by atoms with E-state index in [1.54, 1.807) is 0 Å². The maximum absolute atomic E-state index is 13.6. The zero-order valence-corrected chi connectivity index (χ0v) is 9.25. The van der Waals surface area contributed by atoms with Crippen molar-refractivity contribution < 1.29 is 13.6 Å². The topological polar surface area (TPSA) is 55.1 Å². The second-order valence-corrected chi connectivity index (χ2v) is 4.22. The lowest BCUT2D eigenvalue weighted by Crippen LogP contribution is -2.41. The Morgan fingerprint density at radius 3 is 2.59 bits per heavy atom. The number of amides is 1. The molecular weight excluding hydrogens is 226 g/mol. The molecule has 0 aliphatic carbocycles. The van der Waals surface area contributed by atoms with Gasteiger partial charge in [-0.2, -0.15) is 0 Å². The summed E-state index contributed by atoms with van der Waals surface area (Å²) in [5.74, 6) is -2.37. The average molecular weight is 240 g/mol. The van der Waals surface area contributed by atoms with E-state index in [-0.39, 0.29) is 5.56 Å². The van der Waals surface area contributed by atoms with Crippen LogP contribution in [0.25, 0.3) is 0 Å². The Labute approximate surface area is 98.0 Å². The van der Waals surface area contributed by atoms with Crippen LogP contribution in [-0.2, 0) is 4.79 Å². The van der Waals surface area contributed by atoms with Crippen LogP contribution in [0.4, 0.5) is 8.78 Å². The van der Waals surface area contributed by atoms with Gasteiger partial charge in [0.25, 0.3) is 0 Å². The van der Waals surface area contributed by atoms with Crippen LogP contribution >= 0.6 is 0 Å². The van der Waals surface area contributed by atoms with Crippen molar-refractivity contribution in [3.05, 3.63) is 35.4 Å². The highest BCUT2D eigenvalue weighted by Crippen LogP contribution is 2.32. The Balaban J connectivity index is 2.39. The zero-order chi connectivity index (χ0) is 12.4. The van der Waals surface area contributed by atoms with E-state index in [0.29, 0.717) is 13.0 Å². The van der Waals surface area contributed by atoms with Gasteiger partial charge in [0.2, 0.25) is 5.91 Å². The van der Waals surface area contributed by atoms with Crippen molar-refractivity contribution in [3.63, 3.8) is 0 Å². The average Bonchev–Trinajstić information content (AvgIpc) is 2.29. The molecule has 1 heterocycles. The van der Waals surface area contributed by atoms with Crippen molar-refractivity contribution in [1.29, 1.82) is 0 Å². The van der Waals surface area contributed by atoms with Crippen molar-refractivity contribution in [1.82, 2.24) is 5.32 Å². The van der Waals surface area contributed by atoms with E-state index in [1.807, 2.05) is 0 Å². The van der Waals surface area contributed by atoms with Gasteiger partial charge >= 0.3 is 0 Å². The van der Waals surface area contributed by atoms with Gasteiger partial charge in [-0.25, -0.2) is 8.78 Å². The molecule has 0 spiro atoms. The fourth-order valence-corrected chi connectivity index (χ4v) is 2.31. The molecule has 1 aromatic carbocycles. The SMILES string of the molecule is NC(=O)C1CCCNC1c1c(F)cccc1F. The number of carbonyl (C=O) groups excluding carboxylic acids is 1. The predicted octanol–water partition coefficient (Wildman–Crippen LogP) is 1.49. The van der Waals surface area contributed by atoms with E-state index in [9.17, 15) is 13.6 Å². The molecule has 17 heavy (non-hydrogen) atoms. The van der Waals surface area contributed by atoms with Gasteiger partial charge in [-0.3, -0.25) is 4.79 Å². The summed E-state index contributed by atoms with van der Waals surface area (Å²) in [7, 11) is 0. The number of carbonyl (C=O) groups is 1. The number of rotatable bonds is 2. The summed E-state index contributed by atoms with van der Waals surface area (Å²) in [4.78, 5) is 11.3. The molecule has 0 bridgehead atoms. The van der Waals surface area contributed by atoms with Crippen LogP contribution in [-0.4, -0.2) is 12.5 Å². The molecule has 0 saturated carbocycles. The lowest BCUT2D eigenvalue weighted by Gasteiger charge is -2.31. The molecular formula is C12H14F2N2O. The minimum atomic E-state index is -0.664. The van der Waals surface area contributed by atoms with E-state index in [0.717, 1.165) is 6.42 Å². The van der Waals surface area contributed by atoms with Crippen LogP contribution in [0, 0.1) is 17.6 Å². The molecule has 3 N–H and O–H groups in total. The Morgan fingerprint density at radius 2 is 2.00 bits per heavy atom. The molecule has 1 aromatic rings. The fraction of sp³-hybridized carbons (Fsp3) is 0.417. The van der Waals surface area contributed by atoms with E-state index >= 15 is 0 Å². The Kier molecular flexibility index (Phi) is 3.38. The van der Waals surface area contributed by atoms with E-state index in [1.165, 1.54) is 18.2 Å². The molecule has 0 radical (unpaired) electrons. The van der Waals surface area contributed by atoms with Gasteiger partial charge in [-0.1, -0.05) is 6.07 Å². The van der Waals surface area contributed by atoms with Crippen molar-refractivity contribution in [2.45, 2.75) is 18.9 Å². The summed E-state index contributed by atoms with van der Waals surface area (Å²) in [5.41, 5.74) is 5.18. The molecule has 1 saturated heterocycles. The minimum absolute atomic E-state index is 0.0870. The highest BCUT2D eigenvalue weighted by atomic mass is 19.1. The highest BCUT2D eigenvalue weighted by molar-refractivity contribution is 5.77. The Morgan fingerprint density at radius 1 is 1.35 bits per heavy atom. The van der Waals surface area contributed by atoms with Gasteiger partial charge in [0.15, 0.2) is 0 Å². The molecule has 3 nitrogen and oxygen atoms in total. The molecule has 2 atom stereocenters. The first kappa shape index (κ1) is 12.0. The fourth-order valence-electron chi connectivity index (χ4n) is 2.31. The van der Waals surface area contributed by atoms with E-state index in [4.69, 9.17) is 5.73 Å². The van der Waals surface area contributed by atoms with Gasteiger partial charge in [-0.05, 0) is 31.5 Å². The van der Waals surface area contributed by atoms with Crippen molar-refractivity contribution >= 4 is 5.91 Å². The number of nitrogens with one attached hydrogen (secondary N) is 1. The van der Waals surface area contributed by atoms with Crippen molar-refractivity contribution in [2.75, 3.05) is 6.54 Å². The van der Waals surface area contributed by atoms with Gasteiger partial charge < -0.3 is 11.1 Å². The third-order valence-corrected chi connectivity index (χ3v) is 3.13. The number of hydrogen-bond acceptors (Lipinski definition) is 2. The molecule has 1 aliphatic rings. The third kappa shape index (κ3) is 2.29. The van der Waals surface area contributed by atoms with Crippen LogP contribution < -0.4 is 11.1 Å². The van der Waals surface area contributed by atoms with E-state index in [2.05, 4.69) is 5.32 Å². The summed E-state index contributed by atoms with van der Waals surface area (Å²) < 4.78 is 27.3. The summed E-state index contributed by atoms with van der Waals surface area (Å²) >= 11 is 0. The summed E-state index contributed by atoms with van der Waals surface area (Å²) in [5, 5.41) is 2.97. The molecule has 92 valence electrons. The van der Waals surface area contributed by atoms with Crippen LogP contribution in [0.3, 0.4) is 0 Å².